The second-order valence-electron chi connectivity index (χ2n) is 4.15. The molecule has 1 aromatic carbocycles. The number of hydrogen-bond acceptors (Lipinski definition) is 5. The van der Waals surface area contributed by atoms with E-state index >= 15 is 0 Å². The Morgan fingerprint density at radius 3 is 2.48 bits per heavy atom. The molecule has 0 atom stereocenters. The monoisotopic (exact) mass is 284 g/mol. The molecule has 0 aliphatic heterocycles. The minimum Gasteiger partial charge on any atom is -0.493 e. The van der Waals surface area contributed by atoms with E-state index in [1.165, 1.54) is 13.2 Å². The molecule has 5 heteroatoms. The summed E-state index contributed by atoms with van der Waals surface area (Å²) in [5, 5.41) is 3.00. The van der Waals surface area contributed by atoms with Crippen LogP contribution in [0.5, 0.6) is 11.5 Å². The van der Waals surface area contributed by atoms with Gasteiger partial charge in [0.15, 0.2) is 17.3 Å². The number of benzene rings is 1. The maximum absolute atomic E-state index is 12.1. The van der Waals surface area contributed by atoms with Gasteiger partial charge in [-0.15, -0.1) is 0 Å². The summed E-state index contributed by atoms with van der Waals surface area (Å²) in [6.45, 7) is 0. The number of rotatable bonds is 6. The van der Waals surface area contributed by atoms with Crippen LogP contribution in [0.1, 0.15) is 10.4 Å². The molecular formula is C16H16N2O3. The number of nitrogens with zero attached hydrogens (tertiary/aromatic N) is 1. The fourth-order valence-electron chi connectivity index (χ4n) is 1.75. The summed E-state index contributed by atoms with van der Waals surface area (Å²) < 4.78 is 10.3. The lowest BCUT2D eigenvalue weighted by Crippen LogP contribution is -1.98. The number of ketones is 1. The first-order chi connectivity index (χ1) is 10.2. The maximum Gasteiger partial charge on any atom is 0.187 e. The predicted octanol–water partition coefficient (Wildman–Crippen LogP) is 2.91. The van der Waals surface area contributed by atoms with Crippen LogP contribution < -0.4 is 14.8 Å². The third kappa shape index (κ3) is 3.82. The van der Waals surface area contributed by atoms with Crippen molar-refractivity contribution < 1.29 is 14.3 Å². The van der Waals surface area contributed by atoms with Crippen LogP contribution in [0.15, 0.2) is 55.0 Å². The molecule has 1 aromatic heterocycles. The van der Waals surface area contributed by atoms with Gasteiger partial charge in [0.25, 0.3) is 0 Å². The van der Waals surface area contributed by atoms with E-state index in [-0.39, 0.29) is 5.78 Å². The largest absolute Gasteiger partial charge is 0.493 e. The highest BCUT2D eigenvalue weighted by Crippen LogP contribution is 2.27. The van der Waals surface area contributed by atoms with E-state index in [1.807, 2.05) is 12.1 Å². The molecule has 0 amide bonds. The zero-order valence-electron chi connectivity index (χ0n) is 11.9. The number of anilines is 1. The number of pyridine rings is 1. The van der Waals surface area contributed by atoms with Gasteiger partial charge < -0.3 is 14.8 Å². The summed E-state index contributed by atoms with van der Waals surface area (Å²) in [4.78, 5) is 16.0. The molecule has 1 N–H and O–H groups in total. The lowest BCUT2D eigenvalue weighted by atomic mass is 10.1. The highest BCUT2D eigenvalue weighted by molar-refractivity contribution is 6.05. The first kappa shape index (κ1) is 14.6. The minimum absolute atomic E-state index is 0.127. The summed E-state index contributed by atoms with van der Waals surface area (Å²) >= 11 is 0. The Kier molecular flexibility index (Phi) is 4.93. The number of methoxy groups -OCH3 is 2. The normalized spacial score (nSPS) is 10.4. The first-order valence-electron chi connectivity index (χ1n) is 6.34. The standard InChI is InChI=1S/C16H16N2O3/c1-20-15-4-3-12(11-16(15)21-2)14(19)7-10-18-13-5-8-17-9-6-13/h3-11H,1-2H3,(H,17,18)/b10-7+. The highest BCUT2D eigenvalue weighted by Gasteiger charge is 2.08. The van der Waals surface area contributed by atoms with Gasteiger partial charge in [-0.2, -0.15) is 0 Å². The average molecular weight is 284 g/mol. The zero-order valence-corrected chi connectivity index (χ0v) is 11.9. The third-order valence-corrected chi connectivity index (χ3v) is 2.83. The van der Waals surface area contributed by atoms with Crippen molar-refractivity contribution in [1.29, 1.82) is 0 Å². The Bertz CT molecular complexity index is 639. The van der Waals surface area contributed by atoms with Crippen molar-refractivity contribution in [2.75, 3.05) is 19.5 Å². The van der Waals surface area contributed by atoms with Gasteiger partial charge in [-0.3, -0.25) is 9.78 Å². The summed E-state index contributed by atoms with van der Waals surface area (Å²) in [6, 6.07) is 8.67. The van der Waals surface area contributed by atoms with Crippen molar-refractivity contribution in [2.45, 2.75) is 0 Å². The van der Waals surface area contributed by atoms with Crippen LogP contribution in [0.3, 0.4) is 0 Å². The van der Waals surface area contributed by atoms with E-state index in [1.54, 1.807) is 43.9 Å². The molecule has 0 saturated carbocycles. The molecule has 0 spiro atoms. The second-order valence-corrected chi connectivity index (χ2v) is 4.15. The Morgan fingerprint density at radius 1 is 1.10 bits per heavy atom. The van der Waals surface area contributed by atoms with E-state index in [4.69, 9.17) is 9.47 Å². The molecule has 1 heterocycles. The zero-order chi connectivity index (χ0) is 15.1. The van der Waals surface area contributed by atoms with Crippen molar-refractivity contribution in [3.8, 4) is 11.5 Å². The molecule has 2 aromatic rings. The smallest absolute Gasteiger partial charge is 0.187 e. The van der Waals surface area contributed by atoms with Crippen LogP contribution in [0.25, 0.3) is 0 Å². The van der Waals surface area contributed by atoms with E-state index in [0.29, 0.717) is 17.1 Å². The topological polar surface area (TPSA) is 60.5 Å². The molecule has 0 unspecified atom stereocenters. The van der Waals surface area contributed by atoms with Gasteiger partial charge in [-0.25, -0.2) is 0 Å². The van der Waals surface area contributed by atoms with E-state index in [0.717, 1.165) is 5.69 Å². The van der Waals surface area contributed by atoms with Gasteiger partial charge in [0.05, 0.1) is 14.2 Å². The molecule has 0 saturated heterocycles. The molecule has 21 heavy (non-hydrogen) atoms. The number of hydrogen-bond donors (Lipinski definition) is 1. The van der Waals surface area contributed by atoms with Crippen LogP contribution in [-0.4, -0.2) is 25.0 Å². The van der Waals surface area contributed by atoms with Gasteiger partial charge in [0, 0.05) is 35.9 Å². The van der Waals surface area contributed by atoms with Crippen molar-refractivity contribution in [3.63, 3.8) is 0 Å². The molecule has 0 fully saturated rings. The number of carbonyl (C=O) groups is 1. The molecule has 0 bridgehead atoms. The quantitative estimate of drug-likeness (QED) is 0.653. The van der Waals surface area contributed by atoms with Gasteiger partial charge in [-0.1, -0.05) is 0 Å². The fraction of sp³-hybridized carbons (Fsp3) is 0.125. The Balaban J connectivity index is 2.06. The summed E-state index contributed by atoms with van der Waals surface area (Å²) in [5.41, 5.74) is 1.39. The van der Waals surface area contributed by atoms with Crippen LogP contribution in [0, 0.1) is 0 Å². The molecule has 0 aliphatic carbocycles. The van der Waals surface area contributed by atoms with Gasteiger partial charge in [-0.05, 0) is 30.3 Å². The number of aromatic nitrogens is 1. The van der Waals surface area contributed by atoms with Crippen molar-refractivity contribution >= 4 is 11.5 Å². The maximum atomic E-state index is 12.1. The van der Waals surface area contributed by atoms with Gasteiger partial charge in [0.1, 0.15) is 0 Å². The highest BCUT2D eigenvalue weighted by atomic mass is 16.5. The second kappa shape index (κ2) is 7.09. The van der Waals surface area contributed by atoms with Crippen molar-refractivity contribution in [2.24, 2.45) is 0 Å². The molecule has 0 aliphatic rings. The van der Waals surface area contributed by atoms with Crippen molar-refractivity contribution in [1.82, 2.24) is 4.98 Å². The molecular weight excluding hydrogens is 268 g/mol. The first-order valence-corrected chi connectivity index (χ1v) is 6.34. The lowest BCUT2D eigenvalue weighted by molar-refractivity contribution is 0.104. The molecule has 2 rings (SSSR count). The van der Waals surface area contributed by atoms with E-state index in [2.05, 4.69) is 10.3 Å². The fourth-order valence-corrected chi connectivity index (χ4v) is 1.75. The predicted molar refractivity (Wildman–Crippen MR) is 80.9 cm³/mol. The number of nitrogens with one attached hydrogen (secondary N) is 1. The summed E-state index contributed by atoms with van der Waals surface area (Å²) in [5.74, 6) is 0.990. The molecule has 0 radical (unpaired) electrons. The van der Waals surface area contributed by atoms with Crippen LogP contribution >= 0.6 is 0 Å². The average Bonchev–Trinajstić information content (AvgIpc) is 2.55. The molecule has 5 nitrogen and oxygen atoms in total. The Morgan fingerprint density at radius 2 is 1.81 bits per heavy atom. The SMILES string of the molecule is COc1ccc(C(=O)/C=C/Nc2ccncc2)cc1OC. The van der Waals surface area contributed by atoms with Crippen LogP contribution in [0.4, 0.5) is 5.69 Å². The van der Waals surface area contributed by atoms with Gasteiger partial charge >= 0.3 is 0 Å². The van der Waals surface area contributed by atoms with Crippen LogP contribution in [-0.2, 0) is 0 Å². The number of ether oxygens (including phenoxy) is 2. The summed E-state index contributed by atoms with van der Waals surface area (Å²) in [7, 11) is 3.09. The van der Waals surface area contributed by atoms with Crippen molar-refractivity contribution in [3.05, 3.63) is 60.6 Å². The third-order valence-electron chi connectivity index (χ3n) is 2.83. The lowest BCUT2D eigenvalue weighted by Gasteiger charge is -2.08. The number of allylic oxidation sites excluding steroid dienone is 1. The van der Waals surface area contributed by atoms with Gasteiger partial charge in [0.2, 0.25) is 0 Å². The van der Waals surface area contributed by atoms with E-state index < -0.39 is 0 Å². The Hall–Kier alpha value is -2.82. The van der Waals surface area contributed by atoms with E-state index in [9.17, 15) is 4.79 Å². The molecule has 108 valence electrons. The number of carbonyl (C=O) groups excluding carboxylic acids is 1. The summed E-state index contributed by atoms with van der Waals surface area (Å²) in [6.07, 6.45) is 6.40. The Labute approximate surface area is 123 Å². The van der Waals surface area contributed by atoms with Crippen LogP contribution in [0.2, 0.25) is 0 Å². The minimum atomic E-state index is -0.127.